The zero-order chi connectivity index (χ0) is 13.6. The molecule has 102 valence electrons. The highest BCUT2D eigenvalue weighted by atomic mass is 16.5. The van der Waals surface area contributed by atoms with Crippen molar-refractivity contribution in [2.24, 2.45) is 0 Å². The van der Waals surface area contributed by atoms with Crippen molar-refractivity contribution >= 4 is 0 Å². The molecule has 0 bridgehead atoms. The van der Waals surface area contributed by atoms with Gasteiger partial charge in [-0.15, -0.1) is 0 Å². The van der Waals surface area contributed by atoms with E-state index in [4.69, 9.17) is 0 Å². The molecule has 1 atom stereocenters. The monoisotopic (exact) mass is 244 g/mol. The Balaban J connectivity index is 3.00. The minimum atomic E-state index is -0.412. The highest BCUT2D eigenvalue weighted by Gasteiger charge is 2.47. The van der Waals surface area contributed by atoms with Crippen molar-refractivity contribution < 1.29 is 9.59 Å². The van der Waals surface area contributed by atoms with E-state index in [1.807, 2.05) is 48.7 Å². The van der Waals surface area contributed by atoms with E-state index in [2.05, 4.69) is 0 Å². The van der Waals surface area contributed by atoms with Gasteiger partial charge in [-0.25, -0.2) is 0 Å². The molecule has 1 fully saturated rings. The molecule has 0 aromatic rings. The molecule has 0 saturated carbocycles. The van der Waals surface area contributed by atoms with Gasteiger partial charge in [0.05, 0.1) is 20.1 Å². The average Bonchev–Trinajstić information content (AvgIpc) is 2.12. The fourth-order valence-corrected chi connectivity index (χ4v) is 2.99. The first kappa shape index (κ1) is 14.9. The van der Waals surface area contributed by atoms with Gasteiger partial charge in [-0.1, -0.05) is 0 Å². The molecule has 4 heteroatoms. The highest BCUT2D eigenvalue weighted by Crippen LogP contribution is 2.41. The van der Waals surface area contributed by atoms with Gasteiger partial charge in [0.15, 0.2) is 6.23 Å². The van der Waals surface area contributed by atoms with Crippen LogP contribution < -0.4 is 0 Å². The number of nitrogens with zero attached hydrogens (tertiary/aromatic N) is 2. The standard InChI is InChI=1S/C13H28N2O2/c1-10(16)15(6,7)11-8-12(2,3)14(17)13(4,5)9-11/h10-11,16H,8-9H2,1-7H3. The summed E-state index contributed by atoms with van der Waals surface area (Å²) in [5.74, 6) is 0. The minimum absolute atomic E-state index is 0.310. The molecular weight excluding hydrogens is 216 g/mol. The van der Waals surface area contributed by atoms with Crippen molar-refractivity contribution in [3.8, 4) is 0 Å². The van der Waals surface area contributed by atoms with Crippen LogP contribution in [0.15, 0.2) is 0 Å². The molecule has 0 radical (unpaired) electrons. The summed E-state index contributed by atoms with van der Waals surface area (Å²) < 4.78 is 0.556. The van der Waals surface area contributed by atoms with Crippen LogP contribution in [0.25, 0.3) is 0 Å². The normalized spacial score (nSPS) is 28.1. The van der Waals surface area contributed by atoms with Gasteiger partial charge in [0, 0.05) is 30.8 Å². The first-order valence-corrected chi connectivity index (χ1v) is 6.40. The molecule has 1 saturated heterocycles. The van der Waals surface area contributed by atoms with E-state index >= 15 is 0 Å². The number of piperidine rings is 1. The second kappa shape index (κ2) is 4.19. The molecule has 17 heavy (non-hydrogen) atoms. The number of rotatable bonds is 2. The third kappa shape index (κ3) is 2.65. The van der Waals surface area contributed by atoms with Crippen molar-refractivity contribution in [1.82, 2.24) is 5.06 Å². The fourth-order valence-electron chi connectivity index (χ4n) is 2.99. The topological polar surface area (TPSA) is 46.5 Å². The van der Waals surface area contributed by atoms with E-state index in [1.54, 1.807) is 0 Å². The van der Waals surface area contributed by atoms with Crippen LogP contribution >= 0.6 is 0 Å². The summed E-state index contributed by atoms with van der Waals surface area (Å²) in [5.41, 5.74) is -0.729. The summed E-state index contributed by atoms with van der Waals surface area (Å²) in [7, 11) is 4.09. The smallest absolute Gasteiger partial charge is 0.187 e. The molecule has 1 heterocycles. The van der Waals surface area contributed by atoms with E-state index in [1.165, 1.54) is 5.06 Å². The van der Waals surface area contributed by atoms with Crippen LogP contribution in [0.4, 0.5) is 0 Å². The van der Waals surface area contributed by atoms with Gasteiger partial charge in [-0.05, 0) is 27.7 Å². The molecule has 4 nitrogen and oxygen atoms in total. The molecule has 1 aliphatic heterocycles. The number of hydrogen-bond donors (Lipinski definition) is 1. The van der Waals surface area contributed by atoms with Gasteiger partial charge in [0.2, 0.25) is 0 Å². The van der Waals surface area contributed by atoms with Crippen molar-refractivity contribution in [1.29, 1.82) is 0 Å². The predicted molar refractivity (Wildman–Crippen MR) is 70.2 cm³/mol. The Labute approximate surface area is 105 Å². The average molecular weight is 244 g/mol. The second-order valence-electron chi connectivity index (χ2n) is 7.24. The summed E-state index contributed by atoms with van der Waals surface area (Å²) in [6, 6.07) is 0.310. The lowest BCUT2D eigenvalue weighted by Crippen LogP contribution is -2.66. The van der Waals surface area contributed by atoms with Crippen molar-refractivity contribution in [3.05, 3.63) is 5.21 Å². The van der Waals surface area contributed by atoms with Crippen molar-refractivity contribution in [2.45, 2.75) is 70.8 Å². The van der Waals surface area contributed by atoms with Gasteiger partial charge in [0.25, 0.3) is 0 Å². The van der Waals surface area contributed by atoms with E-state index in [0.717, 1.165) is 12.8 Å². The molecule has 0 amide bonds. The summed E-state index contributed by atoms with van der Waals surface area (Å²) in [4.78, 5) is 0. The zero-order valence-electron chi connectivity index (χ0n) is 12.3. The molecule has 1 unspecified atom stereocenters. The van der Waals surface area contributed by atoms with E-state index in [0.29, 0.717) is 10.5 Å². The number of hydroxylamine groups is 2. The van der Waals surface area contributed by atoms with Crippen molar-refractivity contribution in [3.63, 3.8) is 0 Å². The highest BCUT2D eigenvalue weighted by molar-refractivity contribution is 5.01. The fraction of sp³-hybridized carbons (Fsp3) is 1.00. The Bertz CT molecular complexity index is 267. The van der Waals surface area contributed by atoms with E-state index in [9.17, 15) is 10.3 Å². The molecule has 0 aromatic carbocycles. The minimum Gasteiger partial charge on any atom is -0.784 e. The summed E-state index contributed by atoms with van der Waals surface area (Å²) in [6.07, 6.45) is 1.22. The molecule has 1 aliphatic rings. The number of quaternary nitrogens is 1. The SMILES string of the molecule is CC(O)[N+](C)(C)C1CC(C)(C)N([O-])C(C)(C)C1. The molecule has 0 spiro atoms. The quantitative estimate of drug-likeness (QED) is 0.596. The number of aliphatic hydroxyl groups excluding tert-OH is 1. The Morgan fingerprint density at radius 1 is 1.18 bits per heavy atom. The first-order valence-electron chi connectivity index (χ1n) is 6.40. The van der Waals surface area contributed by atoms with Gasteiger partial charge in [-0.2, -0.15) is 0 Å². The third-order valence-corrected chi connectivity index (χ3v) is 4.47. The Morgan fingerprint density at radius 2 is 1.53 bits per heavy atom. The van der Waals surface area contributed by atoms with E-state index < -0.39 is 6.23 Å². The lowest BCUT2D eigenvalue weighted by Gasteiger charge is -2.61. The maximum absolute atomic E-state index is 12.3. The predicted octanol–water partition coefficient (Wildman–Crippen LogP) is 1.92. The van der Waals surface area contributed by atoms with Crippen molar-refractivity contribution in [2.75, 3.05) is 14.1 Å². The van der Waals surface area contributed by atoms with Crippen LogP contribution in [0.5, 0.6) is 0 Å². The van der Waals surface area contributed by atoms with Crippen LogP contribution in [0.2, 0.25) is 0 Å². The van der Waals surface area contributed by atoms with Gasteiger partial charge >= 0.3 is 0 Å². The lowest BCUT2D eigenvalue weighted by molar-refractivity contribution is -0.959. The Hall–Kier alpha value is -0.160. The van der Waals surface area contributed by atoms with Crippen LogP contribution in [0.3, 0.4) is 0 Å². The first-order chi connectivity index (χ1) is 7.41. The maximum Gasteiger partial charge on any atom is 0.187 e. The maximum atomic E-state index is 12.3. The second-order valence-corrected chi connectivity index (χ2v) is 7.24. The molecular formula is C13H28N2O2. The molecule has 0 aliphatic carbocycles. The lowest BCUT2D eigenvalue weighted by atomic mass is 9.77. The largest absolute Gasteiger partial charge is 0.784 e. The van der Waals surface area contributed by atoms with Gasteiger partial charge < -0.3 is 19.9 Å². The number of aliphatic hydroxyl groups is 1. The summed E-state index contributed by atoms with van der Waals surface area (Å²) in [6.45, 7) is 9.81. The van der Waals surface area contributed by atoms with Crippen LogP contribution in [0.1, 0.15) is 47.5 Å². The molecule has 1 rings (SSSR count). The van der Waals surface area contributed by atoms with Crippen LogP contribution in [-0.2, 0) is 0 Å². The van der Waals surface area contributed by atoms with Crippen LogP contribution in [0, 0.1) is 5.21 Å². The van der Waals surface area contributed by atoms with Gasteiger partial charge in [-0.3, -0.25) is 0 Å². The Morgan fingerprint density at radius 3 is 1.82 bits per heavy atom. The third-order valence-electron chi connectivity index (χ3n) is 4.47. The molecule has 1 N–H and O–H groups in total. The summed E-state index contributed by atoms with van der Waals surface area (Å²) in [5, 5.41) is 23.4. The van der Waals surface area contributed by atoms with E-state index in [-0.39, 0.29) is 11.1 Å². The molecule has 0 aromatic heterocycles. The number of hydrogen-bond acceptors (Lipinski definition) is 3. The summed E-state index contributed by atoms with van der Waals surface area (Å²) >= 11 is 0. The Kier molecular flexibility index (Phi) is 3.68. The zero-order valence-corrected chi connectivity index (χ0v) is 12.3. The van der Waals surface area contributed by atoms with Gasteiger partial charge in [0.1, 0.15) is 0 Å². The van der Waals surface area contributed by atoms with Crippen LogP contribution in [-0.4, -0.2) is 52.1 Å².